The minimum Gasteiger partial charge on any atom is -0.234 e. The molecule has 0 bridgehead atoms. The molecular formula is C8H13N3. The summed E-state index contributed by atoms with van der Waals surface area (Å²) >= 11 is 0. The zero-order valence-electron chi connectivity index (χ0n) is 7.26. The number of hydrogen-bond acceptors (Lipinski definition) is 3. The molecule has 0 amide bonds. The van der Waals surface area contributed by atoms with E-state index in [2.05, 4.69) is 29.0 Å². The van der Waals surface area contributed by atoms with Gasteiger partial charge in [-0.3, -0.25) is 0 Å². The van der Waals surface area contributed by atoms with Crippen molar-refractivity contribution in [2.24, 2.45) is 0 Å². The summed E-state index contributed by atoms with van der Waals surface area (Å²) in [5, 5.41) is 7.95. The maximum absolute atomic E-state index is 4.29. The Hall–Kier alpha value is -0.990. The molecule has 0 spiro atoms. The SMILES string of the molecule is CCc1nnc(C)nc1CC. The highest BCUT2D eigenvalue weighted by Crippen LogP contribution is 2.02. The predicted molar refractivity (Wildman–Crippen MR) is 43.3 cm³/mol. The van der Waals surface area contributed by atoms with Gasteiger partial charge in [0.15, 0.2) is 0 Å². The van der Waals surface area contributed by atoms with Crippen LogP contribution in [0.4, 0.5) is 0 Å². The van der Waals surface area contributed by atoms with E-state index in [0.29, 0.717) is 0 Å². The molecule has 0 radical (unpaired) electrons. The van der Waals surface area contributed by atoms with Gasteiger partial charge >= 0.3 is 0 Å². The van der Waals surface area contributed by atoms with Gasteiger partial charge in [0.05, 0.1) is 11.4 Å². The summed E-state index contributed by atoms with van der Waals surface area (Å²) in [6, 6.07) is 0. The van der Waals surface area contributed by atoms with Crippen LogP contribution in [0.5, 0.6) is 0 Å². The minimum atomic E-state index is 0.763. The summed E-state index contributed by atoms with van der Waals surface area (Å²) in [6.07, 6.45) is 1.86. The first-order chi connectivity index (χ1) is 5.27. The standard InChI is InChI=1S/C8H13N3/c1-4-7-8(5-2)11-10-6(3)9-7/h4-5H2,1-3H3. The van der Waals surface area contributed by atoms with Gasteiger partial charge in [-0.25, -0.2) is 4.98 Å². The zero-order valence-corrected chi connectivity index (χ0v) is 7.26. The maximum Gasteiger partial charge on any atom is 0.148 e. The number of aromatic nitrogens is 3. The molecule has 3 nitrogen and oxygen atoms in total. The first kappa shape index (κ1) is 8.11. The topological polar surface area (TPSA) is 38.7 Å². The average Bonchev–Trinajstić information content (AvgIpc) is 2.04. The van der Waals surface area contributed by atoms with E-state index in [0.717, 1.165) is 30.1 Å². The summed E-state index contributed by atoms with van der Waals surface area (Å²) in [5.41, 5.74) is 2.11. The Morgan fingerprint density at radius 2 is 1.64 bits per heavy atom. The summed E-state index contributed by atoms with van der Waals surface area (Å²) in [4.78, 5) is 4.29. The van der Waals surface area contributed by atoms with E-state index in [1.807, 2.05) is 6.92 Å². The van der Waals surface area contributed by atoms with Crippen molar-refractivity contribution >= 4 is 0 Å². The van der Waals surface area contributed by atoms with E-state index in [1.54, 1.807) is 0 Å². The highest BCUT2D eigenvalue weighted by molar-refractivity contribution is 5.09. The van der Waals surface area contributed by atoms with Crippen LogP contribution >= 0.6 is 0 Å². The van der Waals surface area contributed by atoms with Gasteiger partial charge in [-0.2, -0.15) is 5.10 Å². The molecule has 1 heterocycles. The monoisotopic (exact) mass is 151 g/mol. The van der Waals surface area contributed by atoms with Crippen LogP contribution in [0, 0.1) is 6.92 Å². The molecule has 0 aliphatic heterocycles. The molecule has 1 rings (SSSR count). The molecule has 3 heteroatoms. The van der Waals surface area contributed by atoms with Crippen molar-refractivity contribution in [2.75, 3.05) is 0 Å². The third-order valence-corrected chi connectivity index (χ3v) is 1.62. The molecule has 60 valence electrons. The average molecular weight is 151 g/mol. The van der Waals surface area contributed by atoms with Crippen LogP contribution in [0.3, 0.4) is 0 Å². The lowest BCUT2D eigenvalue weighted by Gasteiger charge is -2.01. The number of nitrogens with zero attached hydrogens (tertiary/aromatic N) is 3. The largest absolute Gasteiger partial charge is 0.234 e. The number of aryl methyl sites for hydroxylation is 3. The van der Waals surface area contributed by atoms with Crippen molar-refractivity contribution in [2.45, 2.75) is 33.6 Å². The summed E-state index contributed by atoms with van der Waals surface area (Å²) in [7, 11) is 0. The van der Waals surface area contributed by atoms with Gasteiger partial charge in [-0.05, 0) is 19.8 Å². The first-order valence-corrected chi connectivity index (χ1v) is 3.97. The third kappa shape index (κ3) is 1.73. The van der Waals surface area contributed by atoms with Gasteiger partial charge < -0.3 is 0 Å². The predicted octanol–water partition coefficient (Wildman–Crippen LogP) is 1.30. The van der Waals surface area contributed by atoms with Crippen LogP contribution in [0.15, 0.2) is 0 Å². The lowest BCUT2D eigenvalue weighted by atomic mass is 10.2. The van der Waals surface area contributed by atoms with Crippen molar-refractivity contribution in [1.82, 2.24) is 15.2 Å². The third-order valence-electron chi connectivity index (χ3n) is 1.62. The van der Waals surface area contributed by atoms with Crippen LogP contribution in [0.25, 0.3) is 0 Å². The van der Waals surface area contributed by atoms with Gasteiger partial charge in [0.1, 0.15) is 5.82 Å². The summed E-state index contributed by atoms with van der Waals surface area (Å²) in [6.45, 7) is 6.02. The van der Waals surface area contributed by atoms with Crippen molar-refractivity contribution in [3.05, 3.63) is 17.2 Å². The van der Waals surface area contributed by atoms with E-state index in [9.17, 15) is 0 Å². The summed E-state index contributed by atoms with van der Waals surface area (Å²) < 4.78 is 0. The Labute approximate surface area is 66.9 Å². The first-order valence-electron chi connectivity index (χ1n) is 3.97. The number of rotatable bonds is 2. The quantitative estimate of drug-likeness (QED) is 0.639. The highest BCUT2D eigenvalue weighted by atomic mass is 15.2. The van der Waals surface area contributed by atoms with Crippen LogP contribution in [0.1, 0.15) is 31.1 Å². The molecule has 0 unspecified atom stereocenters. The molecular weight excluding hydrogens is 138 g/mol. The fourth-order valence-corrected chi connectivity index (χ4v) is 1.03. The fourth-order valence-electron chi connectivity index (χ4n) is 1.03. The minimum absolute atomic E-state index is 0.763. The molecule has 0 saturated heterocycles. The normalized spacial score (nSPS) is 10.1. The molecule has 1 aromatic heterocycles. The van der Waals surface area contributed by atoms with Crippen LogP contribution in [-0.4, -0.2) is 15.2 Å². The van der Waals surface area contributed by atoms with E-state index in [1.165, 1.54) is 0 Å². The van der Waals surface area contributed by atoms with Crippen molar-refractivity contribution < 1.29 is 0 Å². The molecule has 0 aliphatic rings. The van der Waals surface area contributed by atoms with Crippen molar-refractivity contribution in [3.8, 4) is 0 Å². The smallest absolute Gasteiger partial charge is 0.148 e. The van der Waals surface area contributed by atoms with Gasteiger partial charge in [0.2, 0.25) is 0 Å². The van der Waals surface area contributed by atoms with Crippen LogP contribution < -0.4 is 0 Å². The molecule has 0 fully saturated rings. The van der Waals surface area contributed by atoms with E-state index < -0.39 is 0 Å². The lowest BCUT2D eigenvalue weighted by Crippen LogP contribution is -2.03. The second-order valence-corrected chi connectivity index (χ2v) is 2.46. The molecule has 1 aromatic rings. The molecule has 0 N–H and O–H groups in total. The second-order valence-electron chi connectivity index (χ2n) is 2.46. The van der Waals surface area contributed by atoms with Gasteiger partial charge in [0, 0.05) is 0 Å². The van der Waals surface area contributed by atoms with E-state index in [4.69, 9.17) is 0 Å². The Bertz CT molecular complexity index is 245. The Morgan fingerprint density at radius 3 is 2.18 bits per heavy atom. The molecule has 11 heavy (non-hydrogen) atoms. The van der Waals surface area contributed by atoms with E-state index >= 15 is 0 Å². The molecule has 0 aromatic carbocycles. The Balaban J connectivity index is 3.06. The molecule has 0 aliphatic carbocycles. The second kappa shape index (κ2) is 3.42. The lowest BCUT2D eigenvalue weighted by molar-refractivity contribution is 0.790. The number of hydrogen-bond donors (Lipinski definition) is 0. The van der Waals surface area contributed by atoms with Crippen LogP contribution in [0.2, 0.25) is 0 Å². The van der Waals surface area contributed by atoms with Gasteiger partial charge in [-0.15, -0.1) is 5.10 Å². The van der Waals surface area contributed by atoms with Gasteiger partial charge in [-0.1, -0.05) is 13.8 Å². The molecule has 0 atom stereocenters. The van der Waals surface area contributed by atoms with Crippen molar-refractivity contribution in [3.63, 3.8) is 0 Å². The van der Waals surface area contributed by atoms with Gasteiger partial charge in [0.25, 0.3) is 0 Å². The highest BCUT2D eigenvalue weighted by Gasteiger charge is 2.01. The summed E-state index contributed by atoms with van der Waals surface area (Å²) in [5.74, 6) is 0.763. The van der Waals surface area contributed by atoms with Crippen LogP contribution in [-0.2, 0) is 12.8 Å². The Morgan fingerprint density at radius 1 is 1.00 bits per heavy atom. The fraction of sp³-hybridized carbons (Fsp3) is 0.625. The zero-order chi connectivity index (χ0) is 8.27. The maximum atomic E-state index is 4.29. The van der Waals surface area contributed by atoms with Crippen molar-refractivity contribution in [1.29, 1.82) is 0 Å². The van der Waals surface area contributed by atoms with E-state index in [-0.39, 0.29) is 0 Å². The molecule has 0 saturated carbocycles. The Kier molecular flexibility index (Phi) is 2.52.